The van der Waals surface area contributed by atoms with Crippen LogP contribution in [0.25, 0.3) is 33.4 Å². The number of ether oxygens (including phenoxy) is 1. The molecule has 6 rings (SSSR count). The van der Waals surface area contributed by atoms with Crippen LogP contribution in [0, 0.1) is 0 Å². The highest BCUT2D eigenvalue weighted by molar-refractivity contribution is 5.96. The van der Waals surface area contributed by atoms with E-state index in [2.05, 4.69) is 98.8 Å². The molecule has 0 saturated heterocycles. The minimum atomic E-state index is -0.432. The molecule has 0 aliphatic rings. The molecule has 0 spiro atoms. The zero-order valence-corrected chi connectivity index (χ0v) is 23.3. The van der Waals surface area contributed by atoms with Gasteiger partial charge < -0.3 is 9.84 Å². The van der Waals surface area contributed by atoms with Crippen molar-refractivity contribution in [2.24, 2.45) is 0 Å². The SMILES string of the molecule is CC(C)(c1ccc(O)cc1)c1c(-c2ccccc2)cc(Oc2ccccc2)c(-c2ccccc2)c1-c1ccccc1. The summed E-state index contributed by atoms with van der Waals surface area (Å²) in [6, 6.07) is 51.4. The van der Waals surface area contributed by atoms with Crippen molar-refractivity contribution in [3.05, 3.63) is 163 Å². The summed E-state index contributed by atoms with van der Waals surface area (Å²) in [5, 5.41) is 10.1. The maximum absolute atomic E-state index is 10.1. The quantitative estimate of drug-likeness (QED) is 0.222. The van der Waals surface area contributed by atoms with Gasteiger partial charge in [-0.1, -0.05) is 135 Å². The zero-order chi connectivity index (χ0) is 28.2. The summed E-state index contributed by atoms with van der Waals surface area (Å²) in [6.07, 6.45) is 0. The Kier molecular flexibility index (Phi) is 7.14. The Morgan fingerprint density at radius 2 is 0.976 bits per heavy atom. The molecule has 0 aromatic heterocycles. The third kappa shape index (κ3) is 5.25. The van der Waals surface area contributed by atoms with Gasteiger partial charge in [-0.05, 0) is 69.3 Å². The van der Waals surface area contributed by atoms with E-state index in [1.807, 2.05) is 54.6 Å². The van der Waals surface area contributed by atoms with Crippen LogP contribution in [0.1, 0.15) is 25.0 Å². The topological polar surface area (TPSA) is 29.5 Å². The first-order chi connectivity index (χ1) is 20.0. The Balaban J connectivity index is 1.78. The van der Waals surface area contributed by atoms with Crippen molar-refractivity contribution in [2.75, 3.05) is 0 Å². The molecule has 2 nitrogen and oxygen atoms in total. The average molecular weight is 533 g/mol. The molecule has 1 N–H and O–H groups in total. The molecule has 41 heavy (non-hydrogen) atoms. The minimum absolute atomic E-state index is 0.257. The van der Waals surface area contributed by atoms with Crippen molar-refractivity contribution in [3.63, 3.8) is 0 Å². The summed E-state index contributed by atoms with van der Waals surface area (Å²) in [7, 11) is 0. The van der Waals surface area contributed by atoms with Gasteiger partial charge in [0.2, 0.25) is 0 Å². The largest absolute Gasteiger partial charge is 0.508 e. The molecule has 0 unspecified atom stereocenters. The molecule has 6 aromatic rings. The van der Waals surface area contributed by atoms with E-state index in [0.717, 1.165) is 50.4 Å². The number of phenolic OH excluding ortho intramolecular Hbond substituents is 1. The summed E-state index contributed by atoms with van der Waals surface area (Å²) >= 11 is 0. The summed E-state index contributed by atoms with van der Waals surface area (Å²) in [4.78, 5) is 0. The third-order valence-electron chi connectivity index (χ3n) is 7.69. The van der Waals surface area contributed by atoms with Gasteiger partial charge in [0, 0.05) is 11.0 Å². The molecular formula is C39H32O2. The summed E-state index contributed by atoms with van der Waals surface area (Å²) in [5.41, 5.74) is 8.46. The molecule has 0 amide bonds. The first-order valence-electron chi connectivity index (χ1n) is 13.9. The van der Waals surface area contributed by atoms with Crippen LogP contribution in [-0.2, 0) is 5.41 Å². The van der Waals surface area contributed by atoms with Gasteiger partial charge in [0.1, 0.15) is 17.2 Å². The maximum Gasteiger partial charge on any atom is 0.136 e. The third-order valence-corrected chi connectivity index (χ3v) is 7.69. The molecule has 0 atom stereocenters. The van der Waals surface area contributed by atoms with Crippen molar-refractivity contribution < 1.29 is 9.84 Å². The van der Waals surface area contributed by atoms with Crippen LogP contribution >= 0.6 is 0 Å². The summed E-state index contributed by atoms with van der Waals surface area (Å²) < 4.78 is 6.74. The van der Waals surface area contributed by atoms with Crippen molar-refractivity contribution >= 4 is 0 Å². The van der Waals surface area contributed by atoms with Gasteiger partial charge in [0.25, 0.3) is 0 Å². The van der Waals surface area contributed by atoms with Gasteiger partial charge in [-0.25, -0.2) is 0 Å². The predicted octanol–water partition coefficient (Wildman–Crippen LogP) is 10.5. The second-order valence-electron chi connectivity index (χ2n) is 10.7. The van der Waals surface area contributed by atoms with E-state index in [0.29, 0.717) is 0 Å². The summed E-state index contributed by atoms with van der Waals surface area (Å²) in [6.45, 7) is 4.53. The van der Waals surface area contributed by atoms with E-state index in [4.69, 9.17) is 4.74 Å². The predicted molar refractivity (Wildman–Crippen MR) is 170 cm³/mol. The lowest BCUT2D eigenvalue weighted by Gasteiger charge is -2.34. The highest BCUT2D eigenvalue weighted by Crippen LogP contribution is 2.52. The van der Waals surface area contributed by atoms with E-state index < -0.39 is 5.41 Å². The number of para-hydroxylation sites is 1. The maximum atomic E-state index is 10.1. The van der Waals surface area contributed by atoms with Crippen LogP contribution in [0.2, 0.25) is 0 Å². The molecule has 0 saturated carbocycles. The molecule has 0 aliphatic carbocycles. The van der Waals surface area contributed by atoms with Crippen molar-refractivity contribution in [1.82, 2.24) is 0 Å². The van der Waals surface area contributed by atoms with E-state index in [9.17, 15) is 5.11 Å². The van der Waals surface area contributed by atoms with Crippen LogP contribution < -0.4 is 4.74 Å². The molecule has 200 valence electrons. The highest BCUT2D eigenvalue weighted by Gasteiger charge is 2.33. The Morgan fingerprint density at radius 3 is 1.51 bits per heavy atom. The Labute approximate surface area is 242 Å². The van der Waals surface area contributed by atoms with Gasteiger partial charge >= 0.3 is 0 Å². The van der Waals surface area contributed by atoms with Gasteiger partial charge in [0.05, 0.1) is 0 Å². The zero-order valence-electron chi connectivity index (χ0n) is 23.3. The number of rotatable bonds is 7. The molecule has 0 aliphatic heterocycles. The standard InChI is InChI=1S/C39H32O2/c1-39(2,31-23-25-32(40)26-24-31)38-34(28-15-7-3-8-16-28)27-35(41-33-21-13-6-14-22-33)36(29-17-9-4-10-18-29)37(38)30-19-11-5-12-20-30/h3-27,40H,1-2H3. The van der Waals surface area contributed by atoms with Crippen molar-refractivity contribution in [3.8, 4) is 50.6 Å². The van der Waals surface area contributed by atoms with Gasteiger partial charge in [-0.3, -0.25) is 0 Å². The van der Waals surface area contributed by atoms with Crippen LogP contribution in [0.3, 0.4) is 0 Å². The smallest absolute Gasteiger partial charge is 0.136 e. The van der Waals surface area contributed by atoms with Crippen LogP contribution in [-0.4, -0.2) is 5.11 Å². The minimum Gasteiger partial charge on any atom is -0.508 e. The average Bonchev–Trinajstić information content (AvgIpc) is 3.02. The van der Waals surface area contributed by atoms with Crippen LogP contribution in [0.4, 0.5) is 0 Å². The fraction of sp³-hybridized carbons (Fsp3) is 0.0769. The molecule has 2 heteroatoms. The fourth-order valence-corrected chi connectivity index (χ4v) is 5.66. The van der Waals surface area contributed by atoms with Crippen molar-refractivity contribution in [2.45, 2.75) is 19.3 Å². The number of benzene rings is 6. The molecule has 0 fully saturated rings. The van der Waals surface area contributed by atoms with E-state index >= 15 is 0 Å². The molecule has 0 heterocycles. The first-order valence-corrected chi connectivity index (χ1v) is 13.9. The van der Waals surface area contributed by atoms with Gasteiger partial charge in [-0.15, -0.1) is 0 Å². The molecule has 6 aromatic carbocycles. The first kappa shape index (κ1) is 26.2. The normalized spacial score (nSPS) is 11.3. The summed E-state index contributed by atoms with van der Waals surface area (Å²) in [5.74, 6) is 1.84. The Bertz CT molecular complexity index is 1740. The van der Waals surface area contributed by atoms with E-state index in [1.165, 1.54) is 5.56 Å². The number of hydrogen-bond donors (Lipinski definition) is 1. The number of aromatic hydroxyl groups is 1. The second kappa shape index (κ2) is 11.2. The lowest BCUT2D eigenvalue weighted by atomic mass is 9.70. The Morgan fingerprint density at radius 1 is 0.512 bits per heavy atom. The number of phenols is 1. The van der Waals surface area contributed by atoms with E-state index in [-0.39, 0.29) is 5.75 Å². The molecular weight excluding hydrogens is 500 g/mol. The van der Waals surface area contributed by atoms with Crippen molar-refractivity contribution in [1.29, 1.82) is 0 Å². The molecule has 0 radical (unpaired) electrons. The number of hydrogen-bond acceptors (Lipinski definition) is 2. The van der Waals surface area contributed by atoms with Gasteiger partial charge in [-0.2, -0.15) is 0 Å². The second-order valence-corrected chi connectivity index (χ2v) is 10.7. The highest BCUT2D eigenvalue weighted by atomic mass is 16.5. The fourth-order valence-electron chi connectivity index (χ4n) is 5.66. The van der Waals surface area contributed by atoms with Gasteiger partial charge in [0.15, 0.2) is 0 Å². The molecule has 0 bridgehead atoms. The monoisotopic (exact) mass is 532 g/mol. The Hall–Kier alpha value is -5.08. The van der Waals surface area contributed by atoms with Crippen LogP contribution in [0.15, 0.2) is 152 Å². The lowest BCUT2D eigenvalue weighted by Crippen LogP contribution is -2.22. The lowest BCUT2D eigenvalue weighted by molar-refractivity contribution is 0.474. The van der Waals surface area contributed by atoms with E-state index in [1.54, 1.807) is 12.1 Å². The van der Waals surface area contributed by atoms with Crippen LogP contribution in [0.5, 0.6) is 17.2 Å².